The third-order valence-electron chi connectivity index (χ3n) is 7.48. The van der Waals surface area contributed by atoms with E-state index >= 15 is 0 Å². The molecule has 1 N–H and O–H groups in total. The van der Waals surface area contributed by atoms with Crippen LogP contribution >= 0.6 is 0 Å². The monoisotopic (exact) mass is 538 g/mol. The molecule has 0 radical (unpaired) electrons. The highest BCUT2D eigenvalue weighted by atomic mass is 16.1. The average molecular weight is 538 g/mol. The van der Waals surface area contributed by atoms with Gasteiger partial charge in [0, 0.05) is 5.57 Å². The van der Waals surface area contributed by atoms with Crippen LogP contribution in [0.5, 0.6) is 0 Å². The maximum atomic E-state index is 10.6. The molecule has 2 nitrogen and oxygen atoms in total. The fourth-order valence-corrected chi connectivity index (χ4v) is 4.83. The second-order valence-corrected chi connectivity index (χ2v) is 11.4. The van der Waals surface area contributed by atoms with Gasteiger partial charge in [-0.15, -0.1) is 0 Å². The standard InChI is InChI=1S/C20H43N.C14H26O.C2H6/c1-4-5-6-7-8-9-11-14-17-20(2)18-15-12-10-13-16-19-21-3;1-3-5-7-8-9-10-12-14(13-15)11-6-4-2;1-2/h20-21H,4-19H2,1-3H3;3-12H2,1-2H3;1-2H3. The van der Waals surface area contributed by atoms with Gasteiger partial charge in [0.05, 0.1) is 0 Å². The van der Waals surface area contributed by atoms with Gasteiger partial charge >= 0.3 is 0 Å². The van der Waals surface area contributed by atoms with Crippen LogP contribution in [-0.4, -0.2) is 19.5 Å². The smallest absolute Gasteiger partial charge is 0.123 e. The van der Waals surface area contributed by atoms with Gasteiger partial charge in [0.15, 0.2) is 0 Å². The fraction of sp³-hybridized carbons (Fsp3) is 0.944. The van der Waals surface area contributed by atoms with E-state index in [0.717, 1.165) is 30.8 Å². The minimum Gasteiger partial charge on any atom is -0.320 e. The molecular formula is C36H75NO. The molecule has 0 saturated heterocycles. The Bertz CT molecular complexity index is 441. The summed E-state index contributed by atoms with van der Waals surface area (Å²) in [7, 11) is 2.05. The molecule has 2 heteroatoms. The summed E-state index contributed by atoms with van der Waals surface area (Å²) in [5.41, 5.74) is 1.01. The molecule has 1 unspecified atom stereocenters. The van der Waals surface area contributed by atoms with Crippen molar-refractivity contribution in [3.63, 3.8) is 0 Å². The van der Waals surface area contributed by atoms with E-state index in [1.54, 1.807) is 0 Å². The van der Waals surface area contributed by atoms with Gasteiger partial charge < -0.3 is 5.32 Å². The van der Waals surface area contributed by atoms with Crippen molar-refractivity contribution in [2.45, 2.75) is 202 Å². The molecule has 0 bridgehead atoms. The Morgan fingerprint density at radius 3 is 1.34 bits per heavy atom. The Morgan fingerprint density at radius 2 is 0.921 bits per heavy atom. The van der Waals surface area contributed by atoms with E-state index in [4.69, 9.17) is 0 Å². The average Bonchev–Trinajstić information content (AvgIpc) is 2.94. The molecule has 0 fully saturated rings. The highest BCUT2D eigenvalue weighted by Gasteiger charge is 2.02. The second kappa shape index (κ2) is 40.9. The van der Waals surface area contributed by atoms with Crippen molar-refractivity contribution in [2.75, 3.05) is 13.6 Å². The third kappa shape index (κ3) is 39.9. The Morgan fingerprint density at radius 1 is 0.553 bits per heavy atom. The molecule has 0 aliphatic carbocycles. The second-order valence-electron chi connectivity index (χ2n) is 11.4. The molecule has 0 spiro atoms. The number of nitrogens with one attached hydrogen (secondary N) is 1. The summed E-state index contributed by atoms with van der Waals surface area (Å²) < 4.78 is 0. The Labute approximate surface area is 243 Å². The van der Waals surface area contributed by atoms with Gasteiger partial charge in [-0.2, -0.15) is 0 Å². The molecule has 0 aliphatic heterocycles. The lowest BCUT2D eigenvalue weighted by atomic mass is 9.96. The molecule has 0 saturated carbocycles. The van der Waals surface area contributed by atoms with Crippen molar-refractivity contribution in [2.24, 2.45) is 5.92 Å². The van der Waals surface area contributed by atoms with Crippen molar-refractivity contribution in [3.8, 4) is 0 Å². The lowest BCUT2D eigenvalue weighted by Crippen LogP contribution is -2.06. The van der Waals surface area contributed by atoms with Crippen LogP contribution in [-0.2, 0) is 4.79 Å². The first-order valence-corrected chi connectivity index (χ1v) is 17.5. The van der Waals surface area contributed by atoms with E-state index in [0.29, 0.717) is 0 Å². The Kier molecular flexibility index (Phi) is 45.1. The van der Waals surface area contributed by atoms with Gasteiger partial charge in [-0.3, -0.25) is 0 Å². The Hall–Kier alpha value is -0.590. The van der Waals surface area contributed by atoms with Crippen LogP contribution in [0.3, 0.4) is 0 Å². The van der Waals surface area contributed by atoms with E-state index < -0.39 is 0 Å². The van der Waals surface area contributed by atoms with Gasteiger partial charge in [-0.05, 0) is 51.6 Å². The molecule has 230 valence electrons. The van der Waals surface area contributed by atoms with Crippen LogP contribution in [0.1, 0.15) is 202 Å². The van der Waals surface area contributed by atoms with E-state index in [-0.39, 0.29) is 0 Å². The maximum absolute atomic E-state index is 10.6. The van der Waals surface area contributed by atoms with Crippen LogP contribution in [0.4, 0.5) is 0 Å². The van der Waals surface area contributed by atoms with Gasteiger partial charge in [0.25, 0.3) is 0 Å². The number of hydrogen-bond acceptors (Lipinski definition) is 2. The highest BCUT2D eigenvalue weighted by molar-refractivity contribution is 5.52. The largest absolute Gasteiger partial charge is 0.320 e. The van der Waals surface area contributed by atoms with Crippen LogP contribution in [0.25, 0.3) is 0 Å². The zero-order valence-electron chi connectivity index (χ0n) is 27.9. The van der Waals surface area contributed by atoms with Gasteiger partial charge in [0.2, 0.25) is 0 Å². The first kappa shape index (κ1) is 41.9. The van der Waals surface area contributed by atoms with Crippen molar-refractivity contribution in [1.82, 2.24) is 5.32 Å². The third-order valence-corrected chi connectivity index (χ3v) is 7.48. The van der Waals surface area contributed by atoms with Crippen molar-refractivity contribution in [3.05, 3.63) is 5.57 Å². The molecule has 0 rings (SSSR count). The van der Waals surface area contributed by atoms with Gasteiger partial charge in [-0.1, -0.05) is 170 Å². The molecule has 0 aromatic carbocycles. The zero-order chi connectivity index (χ0) is 29.0. The van der Waals surface area contributed by atoms with Crippen LogP contribution in [0.15, 0.2) is 5.57 Å². The van der Waals surface area contributed by atoms with Crippen LogP contribution in [0, 0.1) is 5.92 Å². The maximum Gasteiger partial charge on any atom is 0.123 e. The number of unbranched alkanes of at least 4 members (excludes halogenated alkanes) is 17. The highest BCUT2D eigenvalue weighted by Crippen LogP contribution is 2.18. The number of hydrogen-bond donors (Lipinski definition) is 1. The van der Waals surface area contributed by atoms with E-state index in [2.05, 4.69) is 39.0 Å². The van der Waals surface area contributed by atoms with E-state index in [1.807, 2.05) is 20.9 Å². The summed E-state index contributed by atoms with van der Waals surface area (Å²) in [5.74, 6) is 3.07. The van der Waals surface area contributed by atoms with Crippen LogP contribution < -0.4 is 5.32 Å². The predicted octanol–water partition coefficient (Wildman–Crippen LogP) is 12.4. The molecule has 0 amide bonds. The topological polar surface area (TPSA) is 29.1 Å². The number of allylic oxidation sites excluding steroid dienone is 1. The molecule has 0 aromatic heterocycles. The summed E-state index contributed by atoms with van der Waals surface area (Å²) in [6.07, 6.45) is 33.7. The first-order chi connectivity index (χ1) is 18.7. The van der Waals surface area contributed by atoms with E-state index in [9.17, 15) is 4.79 Å². The molecule has 0 aliphatic rings. The van der Waals surface area contributed by atoms with Crippen molar-refractivity contribution in [1.29, 1.82) is 0 Å². The predicted molar refractivity (Wildman–Crippen MR) is 176 cm³/mol. The molecule has 38 heavy (non-hydrogen) atoms. The summed E-state index contributed by atoms with van der Waals surface area (Å²) in [6.45, 7) is 14.3. The summed E-state index contributed by atoms with van der Waals surface area (Å²) in [6, 6.07) is 0. The molecule has 0 heterocycles. The summed E-state index contributed by atoms with van der Waals surface area (Å²) in [5, 5.41) is 3.22. The minimum absolute atomic E-state index is 0.961. The molecule has 0 aromatic rings. The van der Waals surface area contributed by atoms with Crippen LogP contribution in [0.2, 0.25) is 0 Å². The zero-order valence-corrected chi connectivity index (χ0v) is 27.9. The van der Waals surface area contributed by atoms with Crippen molar-refractivity contribution >= 4 is 5.94 Å². The lowest BCUT2D eigenvalue weighted by Gasteiger charge is -2.11. The van der Waals surface area contributed by atoms with Crippen molar-refractivity contribution < 1.29 is 4.79 Å². The normalized spacial score (nSPS) is 11.1. The van der Waals surface area contributed by atoms with E-state index in [1.165, 1.54) is 148 Å². The summed E-state index contributed by atoms with van der Waals surface area (Å²) >= 11 is 0. The first-order valence-electron chi connectivity index (χ1n) is 17.5. The van der Waals surface area contributed by atoms with Gasteiger partial charge in [0.1, 0.15) is 5.94 Å². The lowest BCUT2D eigenvalue weighted by molar-refractivity contribution is 0.431. The molecule has 1 atom stereocenters. The van der Waals surface area contributed by atoms with Gasteiger partial charge in [-0.25, -0.2) is 4.79 Å². The number of carbonyl (C=O) groups excluding carboxylic acids is 1. The number of rotatable bonds is 27. The summed E-state index contributed by atoms with van der Waals surface area (Å²) in [4.78, 5) is 10.6. The SMILES string of the molecule is CC.CCCCCCCCC(=C=O)CCCC.CCCCCCCCCCC(C)CCCCCCCNC. The minimum atomic E-state index is 0.961. The molecular weight excluding hydrogens is 462 g/mol. The quantitative estimate of drug-likeness (QED) is 0.0833. The fourth-order valence-electron chi connectivity index (χ4n) is 4.83. The Balaban J connectivity index is -0.000000635.